The van der Waals surface area contributed by atoms with Crippen molar-refractivity contribution in [2.75, 3.05) is 39.4 Å². The molecule has 0 spiro atoms. The first-order chi connectivity index (χ1) is 27.6. The number of halogens is 1. The van der Waals surface area contributed by atoms with Crippen LogP contribution in [0.1, 0.15) is 53.5 Å². The summed E-state index contributed by atoms with van der Waals surface area (Å²) in [6.07, 6.45) is -4.94. The summed E-state index contributed by atoms with van der Waals surface area (Å²) in [5.41, 5.74) is 5.91. The molecule has 0 bridgehead atoms. The van der Waals surface area contributed by atoms with E-state index in [0.29, 0.717) is 29.9 Å². The normalized spacial score (nSPS) is 20.8. The number of rotatable bonds is 21. The Morgan fingerprint density at radius 2 is 1.64 bits per heavy atom. The number of nitrogens with zero attached hydrogens (tertiary/aromatic N) is 1. The lowest BCUT2D eigenvalue weighted by Crippen LogP contribution is -2.51. The number of carbonyl (C=O) groups excluding carboxylic acids is 4. The van der Waals surface area contributed by atoms with Crippen molar-refractivity contribution in [3.63, 3.8) is 0 Å². The molecule has 1 saturated carbocycles. The molecule has 2 fully saturated rings. The van der Waals surface area contributed by atoms with Crippen molar-refractivity contribution in [1.82, 2.24) is 26.2 Å². The molecule has 19 heteroatoms. The molecule has 4 amide bonds. The van der Waals surface area contributed by atoms with Crippen molar-refractivity contribution in [2.24, 2.45) is 11.1 Å². The SMILES string of the molecule is CC(NC(=O)[C@@H]1C[C@]2(COCCNC(=O)CNCC(O)C(O)C(O)C(C)O)C[C@@H]2N1C(=O)CNC(=O)c1ccc(Oc2ccc(F)cc2)cc1)c1cc(C(=N)N)cs1. The fourth-order valence-electron chi connectivity index (χ4n) is 6.75. The summed E-state index contributed by atoms with van der Waals surface area (Å²) in [7, 11) is 0. The number of nitrogen functional groups attached to an aromatic ring is 1. The van der Waals surface area contributed by atoms with Crippen LogP contribution in [0, 0.1) is 16.6 Å². The fraction of sp³-hybridized carbons (Fsp3) is 0.462. The number of carbonyl (C=O) groups is 4. The van der Waals surface area contributed by atoms with E-state index in [9.17, 15) is 44.0 Å². The Labute approximate surface area is 338 Å². The first-order valence-electron chi connectivity index (χ1n) is 18.7. The minimum Gasteiger partial charge on any atom is -0.457 e. The number of hydrogen-bond acceptors (Lipinski definition) is 13. The molecular formula is C39H50FN7O10S. The van der Waals surface area contributed by atoms with Crippen LogP contribution in [-0.4, -0.2) is 131 Å². The van der Waals surface area contributed by atoms with E-state index >= 15 is 0 Å². The number of piperidine rings is 1. The predicted molar refractivity (Wildman–Crippen MR) is 210 cm³/mol. The van der Waals surface area contributed by atoms with Gasteiger partial charge < -0.3 is 61.8 Å². The zero-order valence-electron chi connectivity index (χ0n) is 32.0. The van der Waals surface area contributed by atoms with Crippen molar-refractivity contribution in [1.29, 1.82) is 5.41 Å². The molecule has 8 atom stereocenters. The summed E-state index contributed by atoms with van der Waals surface area (Å²) in [4.78, 5) is 55.2. The maximum Gasteiger partial charge on any atom is 0.251 e. The quantitative estimate of drug-likeness (QED) is 0.0390. The average molecular weight is 828 g/mol. The van der Waals surface area contributed by atoms with Gasteiger partial charge in [-0.15, -0.1) is 11.3 Å². The highest BCUT2D eigenvalue weighted by atomic mass is 32.1. The first-order valence-corrected chi connectivity index (χ1v) is 19.6. The van der Waals surface area contributed by atoms with Crippen LogP contribution >= 0.6 is 11.3 Å². The number of amidine groups is 1. The molecule has 58 heavy (non-hydrogen) atoms. The van der Waals surface area contributed by atoms with Gasteiger partial charge in [0.05, 0.1) is 44.6 Å². The number of fused-ring (bicyclic) bond motifs is 1. The van der Waals surface area contributed by atoms with E-state index in [1.807, 2.05) is 0 Å². The Balaban J connectivity index is 1.13. The molecule has 314 valence electrons. The van der Waals surface area contributed by atoms with Crippen LogP contribution in [0.3, 0.4) is 0 Å². The number of thiophene rings is 1. The van der Waals surface area contributed by atoms with Crippen LogP contribution in [0.15, 0.2) is 60.0 Å². The van der Waals surface area contributed by atoms with E-state index in [1.54, 1.807) is 30.5 Å². The van der Waals surface area contributed by atoms with Gasteiger partial charge in [0, 0.05) is 45.9 Å². The summed E-state index contributed by atoms with van der Waals surface area (Å²) in [5, 5.41) is 59.3. The van der Waals surface area contributed by atoms with Gasteiger partial charge in [-0.2, -0.15) is 0 Å². The van der Waals surface area contributed by atoms with Crippen molar-refractivity contribution >= 4 is 40.8 Å². The molecule has 17 nitrogen and oxygen atoms in total. The smallest absolute Gasteiger partial charge is 0.251 e. The van der Waals surface area contributed by atoms with Crippen LogP contribution in [0.2, 0.25) is 0 Å². The molecule has 3 aromatic rings. The van der Waals surface area contributed by atoms with Crippen LogP contribution in [0.25, 0.3) is 0 Å². The van der Waals surface area contributed by atoms with E-state index in [2.05, 4.69) is 21.3 Å². The second-order valence-electron chi connectivity index (χ2n) is 14.6. The molecule has 1 aromatic heterocycles. The topological polar surface area (TPSA) is 269 Å². The number of nitrogens with two attached hydrogens (primary N) is 1. The highest BCUT2D eigenvalue weighted by Gasteiger charge is 2.67. The lowest BCUT2D eigenvalue weighted by molar-refractivity contribution is -0.139. The fourth-order valence-corrected chi connectivity index (χ4v) is 7.67. The van der Waals surface area contributed by atoms with Crippen molar-refractivity contribution in [3.05, 3.63) is 81.8 Å². The second-order valence-corrected chi connectivity index (χ2v) is 15.5. The van der Waals surface area contributed by atoms with E-state index in [1.165, 1.54) is 59.6 Å². The van der Waals surface area contributed by atoms with Gasteiger partial charge >= 0.3 is 0 Å². The van der Waals surface area contributed by atoms with E-state index in [0.717, 1.165) is 4.88 Å². The van der Waals surface area contributed by atoms with Gasteiger partial charge in [0.15, 0.2) is 0 Å². The van der Waals surface area contributed by atoms with Gasteiger partial charge in [0.2, 0.25) is 17.7 Å². The Morgan fingerprint density at radius 3 is 2.28 bits per heavy atom. The third kappa shape index (κ3) is 11.3. The molecule has 0 radical (unpaired) electrons. The number of likely N-dealkylation sites (tertiary alicyclic amines) is 1. The number of aliphatic hydroxyl groups excluding tert-OH is 4. The highest BCUT2D eigenvalue weighted by Crippen LogP contribution is 2.59. The van der Waals surface area contributed by atoms with E-state index < -0.39 is 65.5 Å². The summed E-state index contributed by atoms with van der Waals surface area (Å²) < 4.78 is 24.8. The first kappa shape index (κ1) is 44.1. The van der Waals surface area contributed by atoms with Gasteiger partial charge in [0.25, 0.3) is 5.91 Å². The van der Waals surface area contributed by atoms with E-state index in [4.69, 9.17) is 20.6 Å². The van der Waals surface area contributed by atoms with E-state index in [-0.39, 0.29) is 62.7 Å². The summed E-state index contributed by atoms with van der Waals surface area (Å²) in [6.45, 7) is 2.77. The second kappa shape index (κ2) is 19.6. The van der Waals surface area contributed by atoms with Crippen LogP contribution < -0.4 is 31.7 Å². The van der Waals surface area contributed by atoms with Gasteiger partial charge in [-0.25, -0.2) is 4.39 Å². The van der Waals surface area contributed by atoms with Crippen molar-refractivity contribution in [2.45, 2.75) is 69.2 Å². The number of benzene rings is 2. The van der Waals surface area contributed by atoms with Crippen molar-refractivity contribution < 1.29 is 53.5 Å². The number of aliphatic hydroxyl groups is 4. The molecule has 2 heterocycles. The lowest BCUT2D eigenvalue weighted by Gasteiger charge is -2.28. The molecule has 1 aliphatic heterocycles. The summed E-state index contributed by atoms with van der Waals surface area (Å²) in [5.74, 6) is -1.41. The minimum absolute atomic E-state index is 0.0923. The molecular weight excluding hydrogens is 778 g/mol. The zero-order chi connectivity index (χ0) is 42.1. The molecule has 1 aliphatic carbocycles. The zero-order valence-corrected chi connectivity index (χ0v) is 32.8. The Kier molecular flexibility index (Phi) is 14.9. The Morgan fingerprint density at radius 1 is 0.966 bits per heavy atom. The number of amides is 4. The van der Waals surface area contributed by atoms with Gasteiger partial charge in [0.1, 0.15) is 41.4 Å². The molecule has 2 aromatic carbocycles. The highest BCUT2D eigenvalue weighted by molar-refractivity contribution is 7.10. The standard InChI is InChI=1S/C39H50FN7O10S/c1-21(30-13-24(19-58-30)36(41)42)46-38(55)28-14-39(20-56-12-11-44-32(50)17-43-16-29(49)35(53)34(52)22(2)48)15-31(39)47(28)33(51)18-45-37(54)23-3-7-26(8-4-23)57-27-9-5-25(40)6-10-27/h3-10,13,19,21-22,28-29,31,34-35,43,48-49,52-53H,11-12,14-18,20H2,1-2H3,(H3,41,42)(H,44,50)(H,45,54)(H,46,55)/t21?,22?,28-,29?,31-,34?,35?,39+/m0/s1. The van der Waals surface area contributed by atoms with Crippen molar-refractivity contribution in [3.8, 4) is 11.5 Å². The van der Waals surface area contributed by atoms with Gasteiger partial charge in [-0.3, -0.25) is 24.6 Å². The third-order valence-corrected chi connectivity index (χ3v) is 11.2. The maximum atomic E-state index is 13.8. The molecule has 11 N–H and O–H groups in total. The largest absolute Gasteiger partial charge is 0.457 e. The summed E-state index contributed by atoms with van der Waals surface area (Å²) in [6, 6.07) is 11.8. The minimum atomic E-state index is -1.60. The van der Waals surface area contributed by atoms with Crippen LogP contribution in [-0.2, 0) is 19.1 Å². The maximum absolute atomic E-state index is 13.8. The van der Waals surface area contributed by atoms with Crippen LogP contribution in [0.5, 0.6) is 11.5 Å². The summed E-state index contributed by atoms with van der Waals surface area (Å²) >= 11 is 1.35. The molecule has 5 rings (SSSR count). The predicted octanol–water partition coefficient (Wildman–Crippen LogP) is 0.116. The van der Waals surface area contributed by atoms with Crippen LogP contribution in [0.4, 0.5) is 4.39 Å². The number of hydrogen-bond donors (Lipinski definition) is 10. The monoisotopic (exact) mass is 827 g/mol. The molecule has 2 aliphatic rings. The molecule has 5 unspecified atom stereocenters. The molecule has 1 saturated heterocycles. The average Bonchev–Trinajstić information content (AvgIpc) is 3.49. The van der Waals surface area contributed by atoms with Gasteiger partial charge in [-0.1, -0.05) is 0 Å². The Hall–Kier alpha value is -5.02. The number of ether oxygens (including phenoxy) is 2. The number of nitrogens with one attached hydrogen (secondary N) is 5. The van der Waals surface area contributed by atoms with Gasteiger partial charge in [-0.05, 0) is 81.3 Å². The third-order valence-electron chi connectivity index (χ3n) is 10.1. The lowest BCUT2D eigenvalue weighted by atomic mass is 10.00. The Bertz CT molecular complexity index is 1920.